The number of nitrogens with zero attached hydrogens (tertiary/aromatic N) is 1. The van der Waals surface area contributed by atoms with Crippen LogP contribution in [0.1, 0.15) is 55.4 Å². The highest BCUT2D eigenvalue weighted by Crippen LogP contribution is 2.44. The van der Waals surface area contributed by atoms with Crippen LogP contribution in [0.15, 0.2) is 11.3 Å². The molecule has 1 heteroatoms. The maximum Gasteiger partial charge on any atom is 0.0414 e. The summed E-state index contributed by atoms with van der Waals surface area (Å²) in [5, 5.41) is 0. The van der Waals surface area contributed by atoms with E-state index >= 15 is 0 Å². The summed E-state index contributed by atoms with van der Waals surface area (Å²) in [4.78, 5) is 2.56. The zero-order valence-corrected chi connectivity index (χ0v) is 11.7. The molecule has 0 aliphatic carbocycles. The zero-order valence-electron chi connectivity index (χ0n) is 11.7. The summed E-state index contributed by atoms with van der Waals surface area (Å²) in [6.45, 7) is 19.6. The Morgan fingerprint density at radius 2 is 1.47 bits per heavy atom. The highest BCUT2D eigenvalue weighted by molar-refractivity contribution is 5.32. The molecule has 15 heavy (non-hydrogen) atoms. The lowest BCUT2D eigenvalue weighted by Crippen LogP contribution is -2.52. The fourth-order valence-electron chi connectivity index (χ4n) is 2.32. The van der Waals surface area contributed by atoms with Crippen molar-refractivity contribution in [3.63, 3.8) is 0 Å². The van der Waals surface area contributed by atoms with E-state index in [4.69, 9.17) is 0 Å². The van der Waals surface area contributed by atoms with E-state index in [9.17, 15) is 0 Å². The molecular weight excluding hydrogens is 182 g/mol. The molecule has 88 valence electrons. The van der Waals surface area contributed by atoms with Gasteiger partial charge in [0, 0.05) is 23.2 Å². The summed E-state index contributed by atoms with van der Waals surface area (Å²) in [5.41, 5.74) is 3.77. The van der Waals surface area contributed by atoms with Crippen LogP contribution in [0.25, 0.3) is 0 Å². The molecule has 0 fully saturated rings. The summed E-state index contributed by atoms with van der Waals surface area (Å²) in [6.07, 6.45) is 0. The van der Waals surface area contributed by atoms with Crippen molar-refractivity contribution in [1.82, 2.24) is 4.90 Å². The lowest BCUT2D eigenvalue weighted by molar-refractivity contribution is 0.114. The smallest absolute Gasteiger partial charge is 0.0414 e. The number of rotatable bonds is 1. The highest BCUT2D eigenvalue weighted by atomic mass is 15.2. The molecule has 0 saturated heterocycles. The normalized spacial score (nSPS) is 18.6. The van der Waals surface area contributed by atoms with Crippen molar-refractivity contribution in [3.05, 3.63) is 11.3 Å². The number of allylic oxidation sites excluding steroid dienone is 1. The van der Waals surface area contributed by atoms with Gasteiger partial charge in [0.1, 0.15) is 0 Å². The van der Waals surface area contributed by atoms with E-state index in [2.05, 4.69) is 60.3 Å². The summed E-state index contributed by atoms with van der Waals surface area (Å²) in [6, 6.07) is 0. The maximum atomic E-state index is 2.56. The van der Waals surface area contributed by atoms with Crippen LogP contribution in [-0.2, 0) is 0 Å². The van der Waals surface area contributed by atoms with Gasteiger partial charge < -0.3 is 4.90 Å². The van der Waals surface area contributed by atoms with E-state index < -0.39 is 0 Å². The minimum absolute atomic E-state index is 0.265. The Balaban J connectivity index is 3.06. The fraction of sp³-hybridized carbons (Fsp3) is 0.857. The molecule has 0 unspecified atom stereocenters. The predicted octanol–water partition coefficient (Wildman–Crippen LogP) is 4.06. The monoisotopic (exact) mass is 209 g/mol. The number of hydrogen-bond donors (Lipinski definition) is 0. The van der Waals surface area contributed by atoms with Crippen LogP contribution in [0.4, 0.5) is 0 Å². The number of hydrogen-bond acceptors (Lipinski definition) is 1. The molecule has 0 bridgehead atoms. The van der Waals surface area contributed by atoms with E-state index in [1.165, 1.54) is 0 Å². The van der Waals surface area contributed by atoms with Crippen molar-refractivity contribution in [2.24, 2.45) is 11.3 Å². The quantitative estimate of drug-likeness (QED) is 0.629. The molecule has 1 aliphatic rings. The Bertz CT molecular complexity index is 271. The van der Waals surface area contributed by atoms with Gasteiger partial charge >= 0.3 is 0 Å². The van der Waals surface area contributed by atoms with Gasteiger partial charge in [0.15, 0.2) is 0 Å². The molecule has 0 aromatic carbocycles. The minimum atomic E-state index is 0.265. The Labute approximate surface area is 95.5 Å². The molecule has 0 N–H and O–H groups in total. The molecule has 1 rings (SSSR count). The van der Waals surface area contributed by atoms with Crippen molar-refractivity contribution in [3.8, 4) is 0 Å². The molecule has 1 aliphatic heterocycles. The SMILES string of the molecule is CC(C)C1=C(C(C)(C)C)N(C(C)(C)C)C1. The summed E-state index contributed by atoms with van der Waals surface area (Å²) >= 11 is 0. The first-order valence-corrected chi connectivity index (χ1v) is 6.06. The van der Waals surface area contributed by atoms with Crippen LogP contribution in [0.3, 0.4) is 0 Å². The van der Waals surface area contributed by atoms with E-state index in [1.54, 1.807) is 11.3 Å². The van der Waals surface area contributed by atoms with Crippen molar-refractivity contribution in [2.75, 3.05) is 6.54 Å². The molecule has 0 aromatic heterocycles. The molecule has 1 heterocycles. The van der Waals surface area contributed by atoms with E-state index in [0.717, 1.165) is 6.54 Å². The van der Waals surface area contributed by atoms with Gasteiger partial charge in [-0.05, 0) is 32.3 Å². The third kappa shape index (κ3) is 2.38. The second kappa shape index (κ2) is 3.54. The highest BCUT2D eigenvalue weighted by Gasteiger charge is 2.40. The Morgan fingerprint density at radius 3 is 1.73 bits per heavy atom. The summed E-state index contributed by atoms with van der Waals surface area (Å²) < 4.78 is 0. The second-order valence-corrected chi connectivity index (χ2v) is 7.04. The first-order valence-electron chi connectivity index (χ1n) is 6.06. The van der Waals surface area contributed by atoms with Crippen molar-refractivity contribution < 1.29 is 0 Å². The van der Waals surface area contributed by atoms with Crippen molar-refractivity contribution in [1.29, 1.82) is 0 Å². The van der Waals surface area contributed by atoms with Gasteiger partial charge in [-0.3, -0.25) is 0 Å². The predicted molar refractivity (Wildman–Crippen MR) is 67.8 cm³/mol. The van der Waals surface area contributed by atoms with Crippen LogP contribution in [0.5, 0.6) is 0 Å². The van der Waals surface area contributed by atoms with E-state index in [1.807, 2.05) is 0 Å². The average molecular weight is 209 g/mol. The molecule has 0 atom stereocenters. The zero-order chi connectivity index (χ0) is 12.0. The average Bonchev–Trinajstić information content (AvgIpc) is 1.72. The lowest BCUT2D eigenvalue weighted by Gasteiger charge is -2.53. The van der Waals surface area contributed by atoms with Gasteiger partial charge in [-0.25, -0.2) is 0 Å². The van der Waals surface area contributed by atoms with E-state index in [0.29, 0.717) is 5.92 Å². The molecule has 1 nitrogen and oxygen atoms in total. The third-order valence-corrected chi connectivity index (χ3v) is 3.12. The Morgan fingerprint density at radius 1 is 1.00 bits per heavy atom. The van der Waals surface area contributed by atoms with Gasteiger partial charge in [-0.15, -0.1) is 0 Å². The molecule has 0 saturated carbocycles. The van der Waals surface area contributed by atoms with Crippen LogP contribution in [0, 0.1) is 11.3 Å². The fourth-order valence-corrected chi connectivity index (χ4v) is 2.32. The van der Waals surface area contributed by atoms with E-state index in [-0.39, 0.29) is 11.0 Å². The Kier molecular flexibility index (Phi) is 2.97. The van der Waals surface area contributed by atoms with Gasteiger partial charge in [0.25, 0.3) is 0 Å². The Hall–Kier alpha value is -0.460. The lowest BCUT2D eigenvalue weighted by atomic mass is 9.77. The molecule has 0 amide bonds. The summed E-state index contributed by atoms with van der Waals surface area (Å²) in [5.74, 6) is 0.692. The van der Waals surface area contributed by atoms with Crippen molar-refractivity contribution >= 4 is 0 Å². The minimum Gasteiger partial charge on any atom is -0.365 e. The first kappa shape index (κ1) is 12.6. The molecule has 0 aromatic rings. The van der Waals surface area contributed by atoms with Gasteiger partial charge in [0.2, 0.25) is 0 Å². The van der Waals surface area contributed by atoms with Crippen molar-refractivity contribution in [2.45, 2.75) is 60.9 Å². The largest absolute Gasteiger partial charge is 0.365 e. The topological polar surface area (TPSA) is 3.24 Å². The van der Waals surface area contributed by atoms with Crippen LogP contribution in [-0.4, -0.2) is 17.0 Å². The maximum absolute atomic E-state index is 2.56. The molecule has 0 radical (unpaired) electrons. The molecule has 0 spiro atoms. The second-order valence-electron chi connectivity index (χ2n) is 7.04. The third-order valence-electron chi connectivity index (χ3n) is 3.12. The standard InChI is InChI=1S/C14H27N/c1-10(2)11-9-15(14(6,7)8)12(11)13(3,4)5/h10H,9H2,1-8H3. The van der Waals surface area contributed by atoms with Crippen LogP contribution >= 0.6 is 0 Å². The molecular formula is C14H27N. The van der Waals surface area contributed by atoms with Gasteiger partial charge in [-0.1, -0.05) is 34.6 Å². The first-order chi connectivity index (χ1) is 6.55. The van der Waals surface area contributed by atoms with Gasteiger partial charge in [-0.2, -0.15) is 0 Å². The summed E-state index contributed by atoms with van der Waals surface area (Å²) in [7, 11) is 0. The van der Waals surface area contributed by atoms with Gasteiger partial charge in [0.05, 0.1) is 0 Å². The van der Waals surface area contributed by atoms with Crippen LogP contribution in [0.2, 0.25) is 0 Å². The van der Waals surface area contributed by atoms with Crippen LogP contribution < -0.4 is 0 Å².